The van der Waals surface area contributed by atoms with Gasteiger partial charge in [0.25, 0.3) is 11.5 Å². The molecule has 160 valence electrons. The smallest absolute Gasteiger partial charge is 0.263 e. The van der Waals surface area contributed by atoms with E-state index in [2.05, 4.69) is 38.0 Å². The molecule has 0 spiro atoms. The number of benzene rings is 1. The first-order chi connectivity index (χ1) is 15.1. The zero-order valence-electron chi connectivity index (χ0n) is 17.7. The predicted octanol–water partition coefficient (Wildman–Crippen LogP) is 1.89. The minimum absolute atomic E-state index is 0.191. The summed E-state index contributed by atoms with van der Waals surface area (Å²) in [5, 5.41) is 1.08. The summed E-state index contributed by atoms with van der Waals surface area (Å²) in [7, 11) is 1.66. The third kappa shape index (κ3) is 3.62. The Morgan fingerprint density at radius 3 is 2.48 bits per heavy atom. The molecule has 0 aliphatic carbocycles. The van der Waals surface area contributed by atoms with Gasteiger partial charge in [0.05, 0.1) is 5.52 Å². The van der Waals surface area contributed by atoms with Crippen molar-refractivity contribution in [3.05, 3.63) is 58.8 Å². The fourth-order valence-corrected chi connectivity index (χ4v) is 4.51. The molecular weight excluding hydrogens is 392 g/mol. The molecule has 1 aromatic carbocycles. The summed E-state index contributed by atoms with van der Waals surface area (Å²) in [5.41, 5.74) is 2.05. The van der Waals surface area contributed by atoms with Gasteiger partial charge in [0.2, 0.25) is 0 Å². The maximum atomic E-state index is 12.9. The second-order valence-corrected chi connectivity index (χ2v) is 8.21. The predicted molar refractivity (Wildman–Crippen MR) is 121 cm³/mol. The highest BCUT2D eigenvalue weighted by molar-refractivity contribution is 5.94. The second-order valence-electron chi connectivity index (χ2n) is 8.21. The van der Waals surface area contributed by atoms with E-state index in [1.165, 1.54) is 17.4 Å². The van der Waals surface area contributed by atoms with Crippen LogP contribution in [0.4, 0.5) is 11.5 Å². The summed E-state index contributed by atoms with van der Waals surface area (Å²) < 4.78 is 1.44. The van der Waals surface area contributed by atoms with E-state index < -0.39 is 0 Å². The molecule has 8 heteroatoms. The largest absolute Gasteiger partial charge is 0.368 e. The molecule has 0 saturated carbocycles. The minimum atomic E-state index is -0.251. The van der Waals surface area contributed by atoms with Gasteiger partial charge in [0, 0.05) is 63.6 Å². The van der Waals surface area contributed by atoms with Crippen molar-refractivity contribution >= 4 is 28.3 Å². The number of carbonyl (C=O) groups excluding carboxylic acids is 1. The van der Waals surface area contributed by atoms with Crippen LogP contribution >= 0.6 is 0 Å². The number of nitrogens with zero attached hydrogens (tertiary/aromatic N) is 6. The first-order valence-corrected chi connectivity index (χ1v) is 10.8. The molecule has 3 aromatic rings. The van der Waals surface area contributed by atoms with Gasteiger partial charge in [-0.05, 0) is 43.2 Å². The zero-order chi connectivity index (χ0) is 21.4. The van der Waals surface area contributed by atoms with Crippen LogP contribution < -0.4 is 15.4 Å². The molecular formula is C23H26N6O2. The van der Waals surface area contributed by atoms with Gasteiger partial charge in [-0.15, -0.1) is 0 Å². The molecule has 0 bridgehead atoms. The van der Waals surface area contributed by atoms with Crippen LogP contribution in [0.1, 0.15) is 23.2 Å². The van der Waals surface area contributed by atoms with E-state index in [-0.39, 0.29) is 17.0 Å². The summed E-state index contributed by atoms with van der Waals surface area (Å²) >= 11 is 0. The Morgan fingerprint density at radius 1 is 0.935 bits per heavy atom. The number of hydrogen-bond acceptors (Lipinski definition) is 6. The van der Waals surface area contributed by atoms with E-state index >= 15 is 0 Å². The van der Waals surface area contributed by atoms with Crippen LogP contribution in [0.25, 0.3) is 10.9 Å². The number of fused-ring (bicyclic) bond motifs is 1. The van der Waals surface area contributed by atoms with Crippen molar-refractivity contribution in [3.63, 3.8) is 0 Å². The molecule has 2 aromatic heterocycles. The Hall–Kier alpha value is -3.42. The van der Waals surface area contributed by atoms with Gasteiger partial charge in [0.15, 0.2) is 0 Å². The molecule has 1 amide bonds. The van der Waals surface area contributed by atoms with E-state index in [9.17, 15) is 9.59 Å². The fraction of sp³-hybridized carbons (Fsp3) is 0.391. The number of anilines is 2. The van der Waals surface area contributed by atoms with E-state index in [1.54, 1.807) is 36.6 Å². The minimum Gasteiger partial charge on any atom is -0.368 e. The van der Waals surface area contributed by atoms with Crippen molar-refractivity contribution in [3.8, 4) is 0 Å². The van der Waals surface area contributed by atoms with Crippen LogP contribution in [-0.2, 0) is 7.05 Å². The lowest BCUT2D eigenvalue weighted by Gasteiger charge is -2.36. The van der Waals surface area contributed by atoms with Crippen LogP contribution in [0.3, 0.4) is 0 Å². The third-order valence-electron chi connectivity index (χ3n) is 6.29. The first kappa shape index (κ1) is 19.5. The zero-order valence-corrected chi connectivity index (χ0v) is 17.7. The third-order valence-corrected chi connectivity index (χ3v) is 6.29. The maximum Gasteiger partial charge on any atom is 0.263 e. The van der Waals surface area contributed by atoms with Gasteiger partial charge in [-0.25, -0.2) is 9.97 Å². The van der Waals surface area contributed by atoms with Gasteiger partial charge < -0.3 is 19.3 Å². The number of amides is 1. The molecule has 4 heterocycles. The van der Waals surface area contributed by atoms with Crippen LogP contribution in [0.5, 0.6) is 0 Å². The highest BCUT2D eigenvalue weighted by Crippen LogP contribution is 2.30. The Labute approximate surface area is 180 Å². The van der Waals surface area contributed by atoms with Crippen molar-refractivity contribution < 1.29 is 4.79 Å². The van der Waals surface area contributed by atoms with Gasteiger partial charge in [0.1, 0.15) is 17.7 Å². The number of aryl methyl sites for hydroxylation is 1. The summed E-state index contributed by atoms with van der Waals surface area (Å²) in [6.07, 6.45) is 5.71. The monoisotopic (exact) mass is 418 g/mol. The maximum absolute atomic E-state index is 12.9. The van der Waals surface area contributed by atoms with E-state index in [4.69, 9.17) is 0 Å². The number of rotatable bonds is 3. The number of aromatic nitrogens is 3. The number of carbonyl (C=O) groups is 1. The molecule has 2 aliphatic rings. The molecule has 31 heavy (non-hydrogen) atoms. The van der Waals surface area contributed by atoms with Gasteiger partial charge in [-0.1, -0.05) is 0 Å². The average molecular weight is 419 g/mol. The van der Waals surface area contributed by atoms with Crippen LogP contribution in [0, 0.1) is 0 Å². The molecule has 0 atom stereocenters. The normalized spacial score (nSPS) is 16.9. The summed E-state index contributed by atoms with van der Waals surface area (Å²) in [4.78, 5) is 40.6. The second kappa shape index (κ2) is 8.02. The van der Waals surface area contributed by atoms with Crippen molar-refractivity contribution in [2.24, 2.45) is 7.05 Å². The van der Waals surface area contributed by atoms with Crippen LogP contribution in [0.15, 0.2) is 47.7 Å². The van der Waals surface area contributed by atoms with E-state index in [0.717, 1.165) is 48.6 Å². The molecule has 0 radical (unpaired) electrons. The lowest BCUT2D eigenvalue weighted by Crippen LogP contribution is -2.49. The van der Waals surface area contributed by atoms with Crippen molar-refractivity contribution in [1.29, 1.82) is 0 Å². The van der Waals surface area contributed by atoms with E-state index in [0.29, 0.717) is 13.1 Å². The Bertz CT molecular complexity index is 1180. The number of hydrogen-bond donors (Lipinski definition) is 0. The average Bonchev–Trinajstić information content (AvgIpc) is 3.35. The molecule has 5 rings (SSSR count). The SMILES string of the molecule is Cn1cccc(C(=O)N2CCN(c3ccc4ncnc(N5CCCC5)c4c3)CC2)c1=O. The van der Waals surface area contributed by atoms with Crippen molar-refractivity contribution in [1.82, 2.24) is 19.4 Å². The number of pyridine rings is 1. The van der Waals surface area contributed by atoms with E-state index in [1.807, 2.05) is 0 Å². The van der Waals surface area contributed by atoms with Crippen LogP contribution in [-0.4, -0.2) is 64.6 Å². The summed E-state index contributed by atoms with van der Waals surface area (Å²) in [5.74, 6) is 0.821. The van der Waals surface area contributed by atoms with Gasteiger partial charge in [-0.2, -0.15) is 0 Å². The highest BCUT2D eigenvalue weighted by Gasteiger charge is 2.25. The first-order valence-electron chi connectivity index (χ1n) is 10.8. The standard InChI is InChI=1S/C23H26N6O2/c1-26-8-4-5-18(22(26)30)23(31)29-13-11-27(12-14-29)17-6-7-20-19(15-17)21(25-16-24-20)28-9-2-3-10-28/h4-8,15-16H,2-3,9-14H2,1H3. The van der Waals surface area contributed by atoms with Gasteiger partial charge in [-0.3, -0.25) is 9.59 Å². The fourth-order valence-electron chi connectivity index (χ4n) is 4.51. The molecule has 2 fully saturated rings. The molecule has 0 N–H and O–H groups in total. The molecule has 2 saturated heterocycles. The lowest BCUT2D eigenvalue weighted by molar-refractivity contribution is 0.0744. The quantitative estimate of drug-likeness (QED) is 0.647. The topological polar surface area (TPSA) is 74.6 Å². The molecule has 0 unspecified atom stereocenters. The lowest BCUT2D eigenvalue weighted by atomic mass is 10.1. The Balaban J connectivity index is 1.34. The summed E-state index contributed by atoms with van der Waals surface area (Å²) in [6.45, 7) is 4.68. The van der Waals surface area contributed by atoms with Crippen molar-refractivity contribution in [2.75, 3.05) is 49.1 Å². The number of piperazine rings is 1. The molecule has 8 nitrogen and oxygen atoms in total. The summed E-state index contributed by atoms with van der Waals surface area (Å²) in [6, 6.07) is 9.66. The Morgan fingerprint density at radius 2 is 1.71 bits per heavy atom. The molecule has 2 aliphatic heterocycles. The van der Waals surface area contributed by atoms with Gasteiger partial charge >= 0.3 is 0 Å². The Kier molecular flexibility index (Phi) is 5.05. The van der Waals surface area contributed by atoms with Crippen LogP contribution in [0.2, 0.25) is 0 Å². The van der Waals surface area contributed by atoms with Crippen molar-refractivity contribution in [2.45, 2.75) is 12.8 Å². The highest BCUT2D eigenvalue weighted by atomic mass is 16.2.